The summed E-state index contributed by atoms with van der Waals surface area (Å²) in [6.07, 6.45) is 3.17. The molecule has 0 aromatic rings. The van der Waals surface area contributed by atoms with Gasteiger partial charge in [0.1, 0.15) is 0 Å². The van der Waals surface area contributed by atoms with Crippen LogP contribution in [0.15, 0.2) is 0 Å². The summed E-state index contributed by atoms with van der Waals surface area (Å²) >= 11 is 0. The number of hydrogen-bond acceptors (Lipinski definition) is 2. The van der Waals surface area contributed by atoms with Crippen molar-refractivity contribution in [3.05, 3.63) is 0 Å². The molecule has 3 nitrogen and oxygen atoms in total. The fourth-order valence-electron chi connectivity index (χ4n) is 1.60. The van der Waals surface area contributed by atoms with Crippen molar-refractivity contribution in [3.63, 3.8) is 0 Å². The summed E-state index contributed by atoms with van der Waals surface area (Å²) in [6.45, 7) is 2.49. The third kappa shape index (κ3) is 1.93. The molecule has 0 bridgehead atoms. The SMILES string of the molecule is CC(=O)N1CCCC[C@@H]1CO. The van der Waals surface area contributed by atoms with Crippen LogP contribution in [0.5, 0.6) is 0 Å². The highest BCUT2D eigenvalue weighted by atomic mass is 16.3. The molecule has 1 fully saturated rings. The maximum atomic E-state index is 11.0. The smallest absolute Gasteiger partial charge is 0.219 e. The quantitative estimate of drug-likeness (QED) is 0.597. The number of aliphatic hydroxyl groups is 1. The predicted octanol–water partition coefficient (Wildman–Crippen LogP) is 0.380. The molecule has 0 unspecified atom stereocenters. The molecule has 1 aliphatic rings. The Morgan fingerprint density at radius 2 is 2.36 bits per heavy atom. The molecular formula is C8H15NO2. The number of nitrogens with zero attached hydrogens (tertiary/aromatic N) is 1. The molecule has 0 spiro atoms. The van der Waals surface area contributed by atoms with Crippen LogP contribution >= 0.6 is 0 Å². The maximum absolute atomic E-state index is 11.0. The van der Waals surface area contributed by atoms with Crippen LogP contribution in [0.25, 0.3) is 0 Å². The Morgan fingerprint density at radius 1 is 1.64 bits per heavy atom. The molecule has 0 saturated carbocycles. The van der Waals surface area contributed by atoms with Crippen LogP contribution in [-0.4, -0.2) is 35.1 Å². The van der Waals surface area contributed by atoms with Crippen LogP contribution in [0.1, 0.15) is 26.2 Å². The van der Waals surface area contributed by atoms with E-state index in [1.807, 2.05) is 0 Å². The van der Waals surface area contributed by atoms with Gasteiger partial charge in [0.2, 0.25) is 5.91 Å². The molecular weight excluding hydrogens is 142 g/mol. The number of likely N-dealkylation sites (tertiary alicyclic amines) is 1. The Morgan fingerprint density at radius 3 is 2.82 bits per heavy atom. The van der Waals surface area contributed by atoms with Crippen molar-refractivity contribution in [2.45, 2.75) is 32.2 Å². The van der Waals surface area contributed by atoms with E-state index in [0.29, 0.717) is 0 Å². The number of rotatable bonds is 1. The lowest BCUT2D eigenvalue weighted by Gasteiger charge is -2.33. The molecule has 0 aromatic heterocycles. The summed E-state index contributed by atoms with van der Waals surface area (Å²) in [5, 5.41) is 8.92. The largest absolute Gasteiger partial charge is 0.394 e. The Labute approximate surface area is 67.0 Å². The second kappa shape index (κ2) is 3.72. The van der Waals surface area contributed by atoms with Gasteiger partial charge in [-0.2, -0.15) is 0 Å². The van der Waals surface area contributed by atoms with Crippen LogP contribution in [-0.2, 0) is 4.79 Å². The highest BCUT2D eigenvalue weighted by molar-refractivity contribution is 5.73. The molecule has 1 saturated heterocycles. The molecule has 1 rings (SSSR count). The van der Waals surface area contributed by atoms with E-state index in [1.54, 1.807) is 11.8 Å². The molecule has 64 valence electrons. The first-order chi connectivity index (χ1) is 5.25. The zero-order valence-corrected chi connectivity index (χ0v) is 6.92. The Bertz CT molecular complexity index is 147. The minimum absolute atomic E-state index is 0.0845. The van der Waals surface area contributed by atoms with Crippen molar-refractivity contribution in [2.75, 3.05) is 13.2 Å². The van der Waals surface area contributed by atoms with Crippen LogP contribution in [0.3, 0.4) is 0 Å². The van der Waals surface area contributed by atoms with E-state index in [1.165, 1.54) is 0 Å². The van der Waals surface area contributed by atoms with Crippen LogP contribution in [0.4, 0.5) is 0 Å². The van der Waals surface area contributed by atoms with Crippen LogP contribution in [0, 0.1) is 0 Å². The van der Waals surface area contributed by atoms with E-state index in [-0.39, 0.29) is 18.6 Å². The molecule has 0 aromatic carbocycles. The molecule has 1 amide bonds. The van der Waals surface area contributed by atoms with Crippen LogP contribution in [0.2, 0.25) is 0 Å². The lowest BCUT2D eigenvalue weighted by molar-refractivity contribution is -0.133. The van der Waals surface area contributed by atoms with Gasteiger partial charge in [0.15, 0.2) is 0 Å². The standard InChI is InChI=1S/C8H15NO2/c1-7(11)9-5-3-2-4-8(9)6-10/h8,10H,2-6H2,1H3/t8-/m1/s1. The fourth-order valence-corrected chi connectivity index (χ4v) is 1.60. The molecule has 0 aliphatic carbocycles. The Balaban J connectivity index is 2.51. The summed E-state index contributed by atoms with van der Waals surface area (Å²) in [7, 11) is 0. The lowest BCUT2D eigenvalue weighted by Crippen LogP contribution is -2.44. The van der Waals surface area contributed by atoms with Gasteiger partial charge in [-0.15, -0.1) is 0 Å². The Kier molecular flexibility index (Phi) is 2.88. The van der Waals surface area contributed by atoms with Gasteiger partial charge in [0.05, 0.1) is 12.6 Å². The lowest BCUT2D eigenvalue weighted by atomic mass is 10.0. The van der Waals surface area contributed by atoms with Crippen molar-refractivity contribution in [2.24, 2.45) is 0 Å². The van der Waals surface area contributed by atoms with Gasteiger partial charge in [-0.05, 0) is 19.3 Å². The highest BCUT2D eigenvalue weighted by Gasteiger charge is 2.22. The van der Waals surface area contributed by atoms with Gasteiger partial charge in [-0.25, -0.2) is 0 Å². The van der Waals surface area contributed by atoms with Crippen LogP contribution < -0.4 is 0 Å². The number of amides is 1. The fraction of sp³-hybridized carbons (Fsp3) is 0.875. The van der Waals surface area contributed by atoms with Gasteiger partial charge in [0.25, 0.3) is 0 Å². The van der Waals surface area contributed by atoms with Crippen molar-refractivity contribution >= 4 is 5.91 Å². The van der Waals surface area contributed by atoms with Gasteiger partial charge in [0, 0.05) is 13.5 Å². The normalized spacial score (nSPS) is 25.3. The first kappa shape index (κ1) is 8.53. The average Bonchev–Trinajstić information content (AvgIpc) is 2.04. The first-order valence-corrected chi connectivity index (χ1v) is 4.13. The molecule has 11 heavy (non-hydrogen) atoms. The molecule has 1 atom stereocenters. The summed E-state index contributed by atoms with van der Waals surface area (Å²) in [4.78, 5) is 12.8. The summed E-state index contributed by atoms with van der Waals surface area (Å²) in [6, 6.07) is 0.0845. The number of carbonyl (C=O) groups excluding carboxylic acids is 1. The maximum Gasteiger partial charge on any atom is 0.219 e. The van der Waals surface area contributed by atoms with E-state index in [9.17, 15) is 4.79 Å². The van der Waals surface area contributed by atoms with Gasteiger partial charge in [-0.3, -0.25) is 4.79 Å². The number of carbonyl (C=O) groups is 1. The molecule has 1 heterocycles. The first-order valence-electron chi connectivity index (χ1n) is 4.13. The highest BCUT2D eigenvalue weighted by Crippen LogP contribution is 2.15. The zero-order chi connectivity index (χ0) is 8.27. The molecule has 0 radical (unpaired) electrons. The third-order valence-corrected chi connectivity index (χ3v) is 2.24. The minimum atomic E-state index is 0.0845. The van der Waals surface area contributed by atoms with Gasteiger partial charge < -0.3 is 10.0 Å². The van der Waals surface area contributed by atoms with E-state index < -0.39 is 0 Å². The second-order valence-corrected chi connectivity index (χ2v) is 3.04. The van der Waals surface area contributed by atoms with Gasteiger partial charge in [-0.1, -0.05) is 0 Å². The molecule has 1 N–H and O–H groups in total. The summed E-state index contributed by atoms with van der Waals surface area (Å²) in [5.41, 5.74) is 0. The van der Waals surface area contributed by atoms with E-state index >= 15 is 0 Å². The zero-order valence-electron chi connectivity index (χ0n) is 6.92. The third-order valence-electron chi connectivity index (χ3n) is 2.24. The Hall–Kier alpha value is -0.570. The predicted molar refractivity (Wildman–Crippen MR) is 42.1 cm³/mol. The van der Waals surface area contributed by atoms with E-state index in [0.717, 1.165) is 25.8 Å². The van der Waals surface area contributed by atoms with Gasteiger partial charge >= 0.3 is 0 Å². The number of aliphatic hydroxyl groups excluding tert-OH is 1. The molecule has 1 aliphatic heterocycles. The summed E-state index contributed by atoms with van der Waals surface area (Å²) < 4.78 is 0. The van der Waals surface area contributed by atoms with Crippen molar-refractivity contribution < 1.29 is 9.90 Å². The van der Waals surface area contributed by atoms with Crippen molar-refractivity contribution in [3.8, 4) is 0 Å². The van der Waals surface area contributed by atoms with Crippen molar-refractivity contribution in [1.82, 2.24) is 4.90 Å². The number of piperidine rings is 1. The minimum Gasteiger partial charge on any atom is -0.394 e. The molecule has 3 heteroatoms. The average molecular weight is 157 g/mol. The van der Waals surface area contributed by atoms with Crippen molar-refractivity contribution in [1.29, 1.82) is 0 Å². The second-order valence-electron chi connectivity index (χ2n) is 3.04. The van der Waals surface area contributed by atoms with E-state index in [4.69, 9.17) is 5.11 Å². The topological polar surface area (TPSA) is 40.5 Å². The monoisotopic (exact) mass is 157 g/mol. The number of hydrogen-bond donors (Lipinski definition) is 1. The summed E-state index contributed by atoms with van der Waals surface area (Å²) in [5.74, 6) is 0.0868. The van der Waals surface area contributed by atoms with E-state index in [2.05, 4.69) is 0 Å².